The van der Waals surface area contributed by atoms with Crippen LogP contribution in [-0.2, 0) is 11.2 Å². The fourth-order valence-corrected chi connectivity index (χ4v) is 4.40. The molecule has 0 spiro atoms. The Kier molecular flexibility index (Phi) is 5.64. The van der Waals surface area contributed by atoms with E-state index in [2.05, 4.69) is 20.6 Å². The molecule has 9 heteroatoms. The second-order valence-electron chi connectivity index (χ2n) is 8.39. The van der Waals surface area contributed by atoms with Crippen molar-refractivity contribution in [2.75, 3.05) is 32.2 Å². The monoisotopic (exact) mass is 468 g/mol. The summed E-state index contributed by atoms with van der Waals surface area (Å²) in [7, 11) is 1.56. The van der Waals surface area contributed by atoms with Crippen LogP contribution in [0.1, 0.15) is 29.4 Å². The van der Waals surface area contributed by atoms with E-state index in [4.69, 9.17) is 25.8 Å². The number of rotatable bonds is 7. The van der Waals surface area contributed by atoms with Crippen LogP contribution in [0.15, 0.2) is 36.7 Å². The zero-order valence-corrected chi connectivity index (χ0v) is 19.2. The van der Waals surface area contributed by atoms with E-state index in [-0.39, 0.29) is 11.5 Å². The smallest absolute Gasteiger partial charge is 0.255 e. The number of fused-ring (bicyclic) bond motifs is 1. The number of aromatic amines is 1. The molecule has 0 aliphatic carbocycles. The highest BCUT2D eigenvalue weighted by Crippen LogP contribution is 2.43. The van der Waals surface area contributed by atoms with Crippen LogP contribution < -0.4 is 20.1 Å². The molecule has 33 heavy (non-hydrogen) atoms. The van der Waals surface area contributed by atoms with Crippen molar-refractivity contribution in [1.29, 1.82) is 0 Å². The summed E-state index contributed by atoms with van der Waals surface area (Å²) in [5, 5.41) is 6.79. The Bertz CT molecular complexity index is 1210. The average Bonchev–Trinajstić information content (AvgIpc) is 3.16. The summed E-state index contributed by atoms with van der Waals surface area (Å²) in [5.41, 5.74) is 3.93. The normalized spacial score (nSPS) is 19.3. The Morgan fingerprint density at radius 2 is 2.18 bits per heavy atom. The van der Waals surface area contributed by atoms with Crippen molar-refractivity contribution in [1.82, 2.24) is 15.3 Å². The number of carbonyl (C=O) groups excluding carboxylic acids is 1. The summed E-state index contributed by atoms with van der Waals surface area (Å²) < 4.78 is 17.3. The molecule has 0 saturated carbocycles. The fraction of sp³-hybridized carbons (Fsp3) is 0.333. The van der Waals surface area contributed by atoms with Gasteiger partial charge >= 0.3 is 0 Å². The molecule has 1 fully saturated rings. The molecular weight excluding hydrogens is 444 g/mol. The molecule has 1 aromatic carbocycles. The Morgan fingerprint density at radius 1 is 1.33 bits per heavy atom. The molecule has 2 aliphatic rings. The quantitative estimate of drug-likeness (QED) is 0.477. The molecule has 3 N–H and O–H groups in total. The van der Waals surface area contributed by atoms with Crippen molar-refractivity contribution >= 4 is 28.9 Å². The second-order valence-corrected chi connectivity index (χ2v) is 8.80. The third-order valence-corrected chi connectivity index (χ3v) is 6.36. The lowest BCUT2D eigenvalue weighted by Crippen LogP contribution is -2.45. The van der Waals surface area contributed by atoms with Crippen molar-refractivity contribution in [3.05, 3.63) is 52.9 Å². The van der Waals surface area contributed by atoms with Crippen molar-refractivity contribution in [3.8, 4) is 22.8 Å². The Hall–Kier alpha value is -3.23. The molecule has 2 aliphatic heterocycles. The van der Waals surface area contributed by atoms with Crippen LogP contribution in [-0.4, -0.2) is 48.3 Å². The van der Waals surface area contributed by atoms with Gasteiger partial charge in [0, 0.05) is 36.8 Å². The van der Waals surface area contributed by atoms with Crippen LogP contribution in [0.4, 0.5) is 11.4 Å². The number of hydrogen-bond donors (Lipinski definition) is 3. The minimum absolute atomic E-state index is 0.144. The number of hydrogen-bond acceptors (Lipinski definition) is 6. The van der Waals surface area contributed by atoms with Crippen molar-refractivity contribution < 1.29 is 19.0 Å². The SMILES string of the molecule is COc1c(Cl)cccc1Nc1c(-c2ccncc2OC[C@]2(C)CCO2)[nH]c2c1C(=O)NCC2. The molecule has 5 rings (SSSR count). The van der Waals surface area contributed by atoms with Crippen molar-refractivity contribution in [2.45, 2.75) is 25.4 Å². The Labute approximate surface area is 196 Å². The van der Waals surface area contributed by atoms with E-state index in [9.17, 15) is 4.79 Å². The molecule has 1 saturated heterocycles. The predicted octanol–water partition coefficient (Wildman–Crippen LogP) is 4.33. The van der Waals surface area contributed by atoms with E-state index in [1.54, 1.807) is 25.6 Å². The lowest BCUT2D eigenvalue weighted by molar-refractivity contribution is -0.152. The molecule has 1 atom stereocenters. The average molecular weight is 469 g/mol. The van der Waals surface area contributed by atoms with E-state index >= 15 is 0 Å². The molecule has 8 nitrogen and oxygen atoms in total. The Balaban J connectivity index is 1.59. The van der Waals surface area contributed by atoms with Gasteiger partial charge in [0.1, 0.15) is 18.0 Å². The first-order valence-corrected chi connectivity index (χ1v) is 11.2. The Morgan fingerprint density at radius 3 is 2.94 bits per heavy atom. The topological polar surface area (TPSA) is 97.5 Å². The van der Waals surface area contributed by atoms with E-state index < -0.39 is 0 Å². The van der Waals surface area contributed by atoms with Crippen LogP contribution in [0.25, 0.3) is 11.3 Å². The van der Waals surface area contributed by atoms with Gasteiger partial charge in [-0.05, 0) is 25.1 Å². The van der Waals surface area contributed by atoms with E-state index in [1.807, 2.05) is 25.1 Å². The lowest BCUT2D eigenvalue weighted by atomic mass is 9.99. The number of H-pyrrole nitrogens is 1. The summed E-state index contributed by atoms with van der Waals surface area (Å²) in [6.45, 7) is 3.76. The third-order valence-electron chi connectivity index (χ3n) is 6.06. The van der Waals surface area contributed by atoms with Crippen LogP contribution in [0.2, 0.25) is 5.02 Å². The molecule has 0 bridgehead atoms. The van der Waals surface area contributed by atoms with Crippen molar-refractivity contribution in [3.63, 3.8) is 0 Å². The third kappa shape index (κ3) is 4.00. The molecular formula is C24H25ClN4O4. The zero-order valence-electron chi connectivity index (χ0n) is 18.5. The van der Waals surface area contributed by atoms with Gasteiger partial charge in [0.25, 0.3) is 5.91 Å². The molecule has 172 valence electrons. The van der Waals surface area contributed by atoms with Gasteiger partial charge < -0.3 is 29.8 Å². The number of methoxy groups -OCH3 is 1. The van der Waals surface area contributed by atoms with Gasteiger partial charge in [0.05, 0.1) is 47.6 Å². The number of ether oxygens (including phenoxy) is 3. The van der Waals surface area contributed by atoms with Gasteiger partial charge in [-0.1, -0.05) is 17.7 Å². The van der Waals surface area contributed by atoms with Gasteiger partial charge in [-0.15, -0.1) is 0 Å². The molecule has 2 aromatic heterocycles. The maximum absolute atomic E-state index is 12.9. The highest BCUT2D eigenvalue weighted by Gasteiger charge is 2.35. The van der Waals surface area contributed by atoms with Gasteiger partial charge in [0.2, 0.25) is 0 Å². The van der Waals surface area contributed by atoms with Gasteiger partial charge in [-0.25, -0.2) is 0 Å². The van der Waals surface area contributed by atoms with Gasteiger partial charge in [-0.3, -0.25) is 9.78 Å². The summed E-state index contributed by atoms with van der Waals surface area (Å²) >= 11 is 6.33. The summed E-state index contributed by atoms with van der Waals surface area (Å²) in [6, 6.07) is 7.30. The van der Waals surface area contributed by atoms with Crippen molar-refractivity contribution in [2.24, 2.45) is 0 Å². The summed E-state index contributed by atoms with van der Waals surface area (Å²) in [6.07, 6.45) is 5.02. The van der Waals surface area contributed by atoms with Crippen LogP contribution in [0.5, 0.6) is 11.5 Å². The first kappa shape index (κ1) is 21.6. The molecule has 4 heterocycles. The number of anilines is 2. The molecule has 3 aromatic rings. The van der Waals surface area contributed by atoms with E-state index in [0.717, 1.165) is 30.0 Å². The summed E-state index contributed by atoms with van der Waals surface area (Å²) in [5.74, 6) is 0.959. The number of nitrogens with zero attached hydrogens (tertiary/aromatic N) is 1. The zero-order chi connectivity index (χ0) is 23.0. The molecule has 1 amide bonds. The minimum Gasteiger partial charge on any atom is -0.493 e. The molecule has 0 radical (unpaired) electrons. The van der Waals surface area contributed by atoms with Crippen LogP contribution in [0.3, 0.4) is 0 Å². The lowest BCUT2D eigenvalue weighted by Gasteiger charge is -2.38. The second kappa shape index (κ2) is 8.61. The predicted molar refractivity (Wildman–Crippen MR) is 126 cm³/mol. The fourth-order valence-electron chi connectivity index (χ4n) is 4.15. The van der Waals surface area contributed by atoms with Crippen LogP contribution >= 0.6 is 11.6 Å². The van der Waals surface area contributed by atoms with E-state index in [1.165, 1.54) is 0 Å². The first-order chi connectivity index (χ1) is 16.0. The summed E-state index contributed by atoms with van der Waals surface area (Å²) in [4.78, 5) is 20.6. The van der Waals surface area contributed by atoms with Gasteiger partial charge in [-0.2, -0.15) is 0 Å². The number of carbonyl (C=O) groups is 1. The number of amides is 1. The number of nitrogens with one attached hydrogen (secondary N) is 3. The maximum Gasteiger partial charge on any atom is 0.255 e. The standard InChI is InChI=1S/C24H25ClN4O4/c1-24(8-11-33-24)13-32-18-12-26-9-6-14(18)20-21(19-16(28-20)7-10-27-23(19)30)29-17-5-3-4-15(25)22(17)31-2/h3-6,9,12,28-29H,7-8,10-11,13H2,1-2H3,(H,27,30)/t24-/m0/s1. The number of halogens is 1. The molecule has 0 unspecified atom stereocenters. The number of aromatic nitrogens is 2. The van der Waals surface area contributed by atoms with Crippen LogP contribution in [0, 0.1) is 0 Å². The number of benzene rings is 1. The van der Waals surface area contributed by atoms with E-state index in [0.29, 0.717) is 53.0 Å². The number of para-hydroxylation sites is 1. The van der Waals surface area contributed by atoms with Gasteiger partial charge in [0.15, 0.2) is 5.75 Å². The highest BCUT2D eigenvalue weighted by molar-refractivity contribution is 6.32. The maximum atomic E-state index is 12.9. The highest BCUT2D eigenvalue weighted by atomic mass is 35.5. The number of pyridine rings is 1. The first-order valence-electron chi connectivity index (χ1n) is 10.8. The largest absolute Gasteiger partial charge is 0.493 e. The minimum atomic E-state index is -0.294.